The van der Waals surface area contributed by atoms with Gasteiger partial charge in [0.25, 0.3) is 0 Å². The van der Waals surface area contributed by atoms with Gasteiger partial charge >= 0.3 is 5.97 Å². The summed E-state index contributed by atoms with van der Waals surface area (Å²) in [4.78, 5) is 10.6. The van der Waals surface area contributed by atoms with Crippen molar-refractivity contribution in [2.45, 2.75) is 6.67 Å². The molecule has 17 heavy (non-hydrogen) atoms. The van der Waals surface area contributed by atoms with Crippen molar-refractivity contribution in [1.82, 2.24) is 5.16 Å². The van der Waals surface area contributed by atoms with E-state index in [-0.39, 0.29) is 5.76 Å². The maximum Gasteiger partial charge on any atom is 0.374 e. The van der Waals surface area contributed by atoms with Crippen LogP contribution in [0.25, 0.3) is 11.3 Å². The first-order valence-electron chi connectivity index (χ1n) is 4.66. The Hall–Kier alpha value is -1.88. The fourth-order valence-corrected chi connectivity index (χ4v) is 1.65. The van der Waals surface area contributed by atoms with Gasteiger partial charge in [-0.2, -0.15) is 0 Å². The topological polar surface area (TPSA) is 63.3 Å². The van der Waals surface area contributed by atoms with Crippen LogP contribution < -0.4 is 0 Å². The van der Waals surface area contributed by atoms with Crippen LogP contribution >= 0.6 is 11.6 Å². The van der Waals surface area contributed by atoms with Gasteiger partial charge in [0.1, 0.15) is 12.4 Å². The van der Waals surface area contributed by atoms with Crippen LogP contribution in [0.4, 0.5) is 4.39 Å². The van der Waals surface area contributed by atoms with Crippen molar-refractivity contribution < 1.29 is 18.8 Å². The zero-order chi connectivity index (χ0) is 12.4. The highest BCUT2D eigenvalue weighted by molar-refractivity contribution is 6.33. The van der Waals surface area contributed by atoms with Gasteiger partial charge in [-0.3, -0.25) is 0 Å². The Bertz CT molecular complexity index is 568. The number of carbonyl (C=O) groups is 1. The van der Waals surface area contributed by atoms with Crippen LogP contribution in [0.5, 0.6) is 0 Å². The first-order valence-corrected chi connectivity index (χ1v) is 5.04. The Morgan fingerprint density at radius 3 is 2.76 bits per heavy atom. The molecule has 0 spiro atoms. The molecule has 88 valence electrons. The fourth-order valence-electron chi connectivity index (χ4n) is 1.35. The summed E-state index contributed by atoms with van der Waals surface area (Å²) in [5.74, 6) is -1.48. The van der Waals surface area contributed by atoms with Crippen LogP contribution in [0, 0.1) is 0 Å². The molecule has 0 fully saturated rings. The van der Waals surface area contributed by atoms with Gasteiger partial charge in [0.15, 0.2) is 0 Å². The lowest BCUT2D eigenvalue weighted by atomic mass is 10.1. The SMILES string of the molecule is O=C(O)c1cc(-c2ccc(CF)cc2Cl)no1. The maximum atomic E-state index is 12.4. The maximum absolute atomic E-state index is 12.4. The van der Waals surface area contributed by atoms with Crippen LogP contribution in [0.2, 0.25) is 5.02 Å². The summed E-state index contributed by atoms with van der Waals surface area (Å²) in [5, 5.41) is 12.6. The average molecular weight is 256 g/mol. The first kappa shape index (κ1) is 11.6. The second-order valence-corrected chi connectivity index (χ2v) is 3.74. The average Bonchev–Trinajstić information content (AvgIpc) is 2.78. The molecule has 0 radical (unpaired) electrons. The number of carboxylic acid groups (broad SMARTS) is 1. The number of benzene rings is 1. The molecule has 0 aliphatic heterocycles. The predicted molar refractivity (Wildman–Crippen MR) is 58.7 cm³/mol. The molecule has 0 amide bonds. The molecule has 1 heterocycles. The lowest BCUT2D eigenvalue weighted by Crippen LogP contribution is -1.91. The lowest BCUT2D eigenvalue weighted by molar-refractivity contribution is 0.0652. The Labute approximate surface area is 101 Å². The van der Waals surface area contributed by atoms with E-state index in [0.29, 0.717) is 21.8 Å². The van der Waals surface area contributed by atoms with Crippen molar-refractivity contribution in [2.75, 3.05) is 0 Å². The van der Waals surface area contributed by atoms with E-state index < -0.39 is 12.6 Å². The third-order valence-electron chi connectivity index (χ3n) is 2.18. The lowest BCUT2D eigenvalue weighted by Gasteiger charge is -2.01. The number of hydrogen-bond acceptors (Lipinski definition) is 3. The van der Waals surface area contributed by atoms with Gasteiger partial charge in [-0.25, -0.2) is 9.18 Å². The molecule has 4 nitrogen and oxygen atoms in total. The number of hydrogen-bond donors (Lipinski definition) is 1. The highest BCUT2D eigenvalue weighted by Crippen LogP contribution is 2.28. The molecule has 1 N–H and O–H groups in total. The second kappa shape index (κ2) is 4.55. The molecule has 1 aromatic heterocycles. The largest absolute Gasteiger partial charge is 0.475 e. The number of carboxylic acids is 1. The zero-order valence-corrected chi connectivity index (χ0v) is 9.24. The monoisotopic (exact) mass is 255 g/mol. The van der Waals surface area contributed by atoms with Gasteiger partial charge in [-0.1, -0.05) is 28.9 Å². The summed E-state index contributed by atoms with van der Waals surface area (Å²) in [6, 6.07) is 5.85. The van der Waals surface area contributed by atoms with Crippen molar-refractivity contribution in [3.8, 4) is 11.3 Å². The fraction of sp³-hybridized carbons (Fsp3) is 0.0909. The van der Waals surface area contributed by atoms with Crippen molar-refractivity contribution in [1.29, 1.82) is 0 Å². The van der Waals surface area contributed by atoms with Crippen LogP contribution in [0.15, 0.2) is 28.8 Å². The molecule has 0 unspecified atom stereocenters. The highest BCUT2D eigenvalue weighted by atomic mass is 35.5. The van der Waals surface area contributed by atoms with E-state index in [4.69, 9.17) is 16.7 Å². The summed E-state index contributed by atoms with van der Waals surface area (Å²) in [6.45, 7) is -0.612. The molecule has 6 heteroatoms. The van der Waals surface area contributed by atoms with Crippen molar-refractivity contribution in [3.63, 3.8) is 0 Å². The zero-order valence-electron chi connectivity index (χ0n) is 8.48. The van der Waals surface area contributed by atoms with Crippen LogP contribution in [0.3, 0.4) is 0 Å². The predicted octanol–water partition coefficient (Wildman–Crippen LogP) is 3.16. The second-order valence-electron chi connectivity index (χ2n) is 3.33. The number of aromatic nitrogens is 1. The standard InChI is InChI=1S/C11H7ClFNO3/c12-8-3-6(5-13)1-2-7(8)9-4-10(11(15)16)17-14-9/h1-4H,5H2,(H,15,16). The minimum Gasteiger partial charge on any atom is -0.475 e. The van der Waals surface area contributed by atoms with E-state index in [0.717, 1.165) is 0 Å². The summed E-state index contributed by atoms with van der Waals surface area (Å²) in [6.07, 6.45) is 0. The molecule has 2 aromatic rings. The number of rotatable bonds is 3. The summed E-state index contributed by atoms with van der Waals surface area (Å²) < 4.78 is 17.0. The number of nitrogens with zero attached hydrogens (tertiary/aromatic N) is 1. The van der Waals surface area contributed by atoms with E-state index >= 15 is 0 Å². The van der Waals surface area contributed by atoms with E-state index in [1.54, 1.807) is 12.1 Å². The first-order chi connectivity index (χ1) is 8.11. The minimum atomic E-state index is -1.21. The third-order valence-corrected chi connectivity index (χ3v) is 2.50. The Morgan fingerprint density at radius 2 is 2.24 bits per heavy atom. The van der Waals surface area contributed by atoms with Gasteiger partial charge in [0.05, 0.1) is 5.02 Å². The number of halogens is 2. The molecule has 0 saturated carbocycles. The van der Waals surface area contributed by atoms with Crippen LogP contribution in [0.1, 0.15) is 16.1 Å². The minimum absolute atomic E-state index is 0.273. The molecule has 0 aliphatic rings. The molecule has 1 aromatic carbocycles. The Balaban J connectivity index is 2.42. The molecular weight excluding hydrogens is 249 g/mol. The number of aromatic carboxylic acids is 1. The van der Waals surface area contributed by atoms with Gasteiger partial charge < -0.3 is 9.63 Å². The van der Waals surface area contributed by atoms with Gasteiger partial charge in [-0.05, 0) is 11.6 Å². The van der Waals surface area contributed by atoms with Crippen LogP contribution in [-0.2, 0) is 6.67 Å². The van der Waals surface area contributed by atoms with Gasteiger partial charge in [0.2, 0.25) is 5.76 Å². The van der Waals surface area contributed by atoms with Crippen molar-refractivity contribution >= 4 is 17.6 Å². The summed E-state index contributed by atoms with van der Waals surface area (Å²) in [7, 11) is 0. The third kappa shape index (κ3) is 2.29. The van der Waals surface area contributed by atoms with E-state index in [2.05, 4.69) is 9.68 Å². The van der Waals surface area contributed by atoms with Crippen molar-refractivity contribution in [2.24, 2.45) is 0 Å². The smallest absolute Gasteiger partial charge is 0.374 e. The van der Waals surface area contributed by atoms with Crippen LogP contribution in [-0.4, -0.2) is 16.2 Å². The van der Waals surface area contributed by atoms with E-state index in [1.165, 1.54) is 12.1 Å². The summed E-state index contributed by atoms with van der Waals surface area (Å²) in [5.41, 5.74) is 1.25. The number of alkyl halides is 1. The van der Waals surface area contributed by atoms with E-state index in [9.17, 15) is 9.18 Å². The molecule has 0 aliphatic carbocycles. The highest BCUT2D eigenvalue weighted by Gasteiger charge is 2.14. The summed E-state index contributed by atoms with van der Waals surface area (Å²) >= 11 is 5.94. The van der Waals surface area contributed by atoms with E-state index in [1.807, 2.05) is 0 Å². The normalized spacial score (nSPS) is 10.5. The Kier molecular flexibility index (Phi) is 3.10. The molecule has 2 rings (SSSR count). The quantitative estimate of drug-likeness (QED) is 0.915. The van der Waals surface area contributed by atoms with Gasteiger partial charge in [-0.15, -0.1) is 0 Å². The van der Waals surface area contributed by atoms with Crippen molar-refractivity contribution in [3.05, 3.63) is 40.6 Å². The molecule has 0 atom stereocenters. The molecular formula is C11H7ClFNO3. The Morgan fingerprint density at radius 1 is 1.47 bits per heavy atom. The van der Waals surface area contributed by atoms with Gasteiger partial charge in [0, 0.05) is 11.6 Å². The molecule has 0 saturated heterocycles. The molecule has 0 bridgehead atoms.